The molecule has 1 aliphatic rings. The lowest BCUT2D eigenvalue weighted by atomic mass is 10.2. The largest absolute Gasteiger partial charge is 0.319 e. The van der Waals surface area contributed by atoms with Crippen molar-refractivity contribution in [2.75, 3.05) is 19.6 Å². The summed E-state index contributed by atoms with van der Waals surface area (Å²) in [7, 11) is 0. The highest BCUT2D eigenvalue weighted by Crippen LogP contribution is 2.34. The topological polar surface area (TPSA) is 21.1 Å². The molecule has 1 aliphatic heterocycles. The van der Waals surface area contributed by atoms with Crippen molar-refractivity contribution in [3.8, 4) is 0 Å². The van der Waals surface area contributed by atoms with Gasteiger partial charge in [-0.1, -0.05) is 37.7 Å². The first kappa shape index (κ1) is 14.9. The van der Waals surface area contributed by atoms with Crippen LogP contribution in [-0.2, 0) is 6.54 Å². The molecule has 0 saturated heterocycles. The van der Waals surface area contributed by atoms with Crippen LogP contribution < -0.4 is 0 Å². The van der Waals surface area contributed by atoms with Gasteiger partial charge in [0.25, 0.3) is 0 Å². The molecule has 3 nitrogen and oxygen atoms in total. The van der Waals surface area contributed by atoms with Gasteiger partial charge in [0.2, 0.25) is 0 Å². The van der Waals surface area contributed by atoms with E-state index in [1.165, 1.54) is 49.6 Å². The summed E-state index contributed by atoms with van der Waals surface area (Å²) >= 11 is 1.97. The number of fused-ring (bicyclic) bond motifs is 3. The van der Waals surface area contributed by atoms with Crippen molar-refractivity contribution in [1.29, 1.82) is 0 Å². The zero-order chi connectivity index (χ0) is 14.7. The van der Waals surface area contributed by atoms with Crippen molar-refractivity contribution >= 4 is 22.8 Å². The lowest BCUT2D eigenvalue weighted by Crippen LogP contribution is -2.34. The van der Waals surface area contributed by atoms with Crippen LogP contribution in [0.1, 0.15) is 33.1 Å². The maximum Gasteiger partial charge on any atom is 0.169 e. The summed E-state index contributed by atoms with van der Waals surface area (Å²) in [5.74, 6) is 0. The van der Waals surface area contributed by atoms with Crippen molar-refractivity contribution in [1.82, 2.24) is 14.5 Å². The monoisotopic (exact) mass is 303 g/mol. The minimum Gasteiger partial charge on any atom is -0.319 e. The third-order valence-corrected chi connectivity index (χ3v) is 5.35. The van der Waals surface area contributed by atoms with Crippen LogP contribution in [-0.4, -0.2) is 39.3 Å². The second-order valence-electron chi connectivity index (χ2n) is 5.86. The molecule has 2 aromatic rings. The highest BCUT2D eigenvalue weighted by atomic mass is 32.2. The van der Waals surface area contributed by atoms with Crippen LogP contribution in [0, 0.1) is 0 Å². The molecular weight excluding hydrogens is 278 g/mol. The molecule has 21 heavy (non-hydrogen) atoms. The third kappa shape index (κ3) is 3.27. The van der Waals surface area contributed by atoms with Gasteiger partial charge in [0.05, 0.1) is 11.0 Å². The summed E-state index contributed by atoms with van der Waals surface area (Å²) in [5, 5.41) is 1.90. The smallest absolute Gasteiger partial charge is 0.169 e. The number of benzene rings is 1. The van der Waals surface area contributed by atoms with E-state index in [4.69, 9.17) is 4.98 Å². The average Bonchev–Trinajstić information content (AvgIpc) is 2.85. The number of aromatic nitrogens is 2. The Morgan fingerprint density at radius 3 is 2.76 bits per heavy atom. The Morgan fingerprint density at radius 1 is 1.24 bits per heavy atom. The Bertz CT molecular complexity index is 587. The Morgan fingerprint density at radius 2 is 2.00 bits per heavy atom. The highest BCUT2D eigenvalue weighted by molar-refractivity contribution is 7.99. The summed E-state index contributed by atoms with van der Waals surface area (Å²) in [6.45, 7) is 9.31. The van der Waals surface area contributed by atoms with E-state index in [-0.39, 0.29) is 0 Å². The van der Waals surface area contributed by atoms with Gasteiger partial charge in [-0.15, -0.1) is 0 Å². The summed E-state index contributed by atoms with van der Waals surface area (Å²) in [5.41, 5.74) is 2.43. The van der Waals surface area contributed by atoms with Crippen molar-refractivity contribution in [2.45, 2.75) is 50.1 Å². The highest BCUT2D eigenvalue weighted by Gasteiger charge is 2.24. The van der Waals surface area contributed by atoms with Gasteiger partial charge >= 0.3 is 0 Å². The van der Waals surface area contributed by atoms with Crippen molar-refractivity contribution in [3.05, 3.63) is 24.3 Å². The number of rotatable bonds is 6. The van der Waals surface area contributed by atoms with Crippen molar-refractivity contribution in [2.24, 2.45) is 0 Å². The van der Waals surface area contributed by atoms with E-state index in [0.717, 1.165) is 12.1 Å². The van der Waals surface area contributed by atoms with Gasteiger partial charge in [-0.05, 0) is 44.5 Å². The number of thioether (sulfide) groups is 1. The normalized spacial score (nSPS) is 18.3. The molecular formula is C17H25N3S. The molecule has 2 heterocycles. The molecule has 0 amide bonds. The zero-order valence-corrected chi connectivity index (χ0v) is 13.9. The summed E-state index contributed by atoms with van der Waals surface area (Å²) in [6.07, 6.45) is 3.74. The minimum atomic E-state index is 0.687. The summed E-state index contributed by atoms with van der Waals surface area (Å²) < 4.78 is 2.39. The van der Waals surface area contributed by atoms with Gasteiger partial charge in [0, 0.05) is 18.3 Å². The molecule has 0 bridgehead atoms. The van der Waals surface area contributed by atoms with Crippen LogP contribution in [0.3, 0.4) is 0 Å². The zero-order valence-electron chi connectivity index (χ0n) is 13.1. The Balaban J connectivity index is 1.72. The van der Waals surface area contributed by atoms with E-state index in [1.54, 1.807) is 0 Å². The first-order valence-electron chi connectivity index (χ1n) is 8.16. The summed E-state index contributed by atoms with van der Waals surface area (Å²) in [4.78, 5) is 7.43. The molecule has 3 rings (SSSR count). The SMILES string of the molecule is CCCN(CCC)CC1CCn2c(nc3ccccc32)S1. The van der Waals surface area contributed by atoms with Gasteiger partial charge < -0.3 is 9.47 Å². The first-order chi connectivity index (χ1) is 10.3. The van der Waals surface area contributed by atoms with Crippen LogP contribution in [0.5, 0.6) is 0 Å². The maximum absolute atomic E-state index is 4.81. The number of nitrogens with zero attached hydrogens (tertiary/aromatic N) is 3. The number of para-hydroxylation sites is 2. The van der Waals surface area contributed by atoms with Crippen molar-refractivity contribution in [3.63, 3.8) is 0 Å². The molecule has 114 valence electrons. The average molecular weight is 303 g/mol. The fourth-order valence-electron chi connectivity index (χ4n) is 3.18. The fraction of sp³-hybridized carbons (Fsp3) is 0.588. The van der Waals surface area contributed by atoms with Gasteiger partial charge in [-0.2, -0.15) is 0 Å². The number of imidazole rings is 1. The number of hydrogen-bond donors (Lipinski definition) is 0. The molecule has 1 atom stereocenters. The quantitative estimate of drug-likeness (QED) is 0.804. The molecule has 0 radical (unpaired) electrons. The van der Waals surface area contributed by atoms with Gasteiger partial charge in [0.15, 0.2) is 5.16 Å². The molecule has 1 unspecified atom stereocenters. The number of hydrogen-bond acceptors (Lipinski definition) is 3. The molecule has 0 spiro atoms. The van der Waals surface area contributed by atoms with E-state index in [2.05, 4.69) is 47.6 Å². The number of aryl methyl sites for hydroxylation is 1. The van der Waals surface area contributed by atoms with Crippen molar-refractivity contribution < 1.29 is 0 Å². The Hall–Kier alpha value is -1.00. The molecule has 0 saturated carbocycles. The standard InChI is InChI=1S/C17H25N3S/c1-3-10-19(11-4-2)13-14-9-12-20-16-8-6-5-7-15(16)18-17(20)21-14/h5-8,14H,3-4,9-13H2,1-2H3. The fourth-order valence-corrected chi connectivity index (χ4v) is 4.46. The van der Waals surface area contributed by atoms with Gasteiger partial charge in [0.1, 0.15) is 0 Å². The van der Waals surface area contributed by atoms with E-state index >= 15 is 0 Å². The van der Waals surface area contributed by atoms with Crippen LogP contribution in [0.4, 0.5) is 0 Å². The minimum absolute atomic E-state index is 0.687. The molecule has 0 aliphatic carbocycles. The van der Waals surface area contributed by atoms with Crippen LogP contribution >= 0.6 is 11.8 Å². The Kier molecular flexibility index (Phi) is 4.86. The summed E-state index contributed by atoms with van der Waals surface area (Å²) in [6, 6.07) is 8.50. The molecule has 0 fully saturated rings. The van der Waals surface area contributed by atoms with Gasteiger partial charge in [-0.25, -0.2) is 4.98 Å². The predicted molar refractivity (Wildman–Crippen MR) is 91.0 cm³/mol. The van der Waals surface area contributed by atoms with Gasteiger partial charge in [-0.3, -0.25) is 0 Å². The van der Waals surface area contributed by atoms with E-state index in [0.29, 0.717) is 5.25 Å². The lowest BCUT2D eigenvalue weighted by molar-refractivity contribution is 0.269. The third-order valence-electron chi connectivity index (χ3n) is 4.11. The molecule has 0 N–H and O–H groups in total. The second kappa shape index (κ2) is 6.84. The predicted octanol–water partition coefficient (Wildman–Crippen LogP) is 4.02. The van der Waals surface area contributed by atoms with E-state index < -0.39 is 0 Å². The first-order valence-corrected chi connectivity index (χ1v) is 9.04. The lowest BCUT2D eigenvalue weighted by Gasteiger charge is -2.29. The molecule has 1 aromatic carbocycles. The van der Waals surface area contributed by atoms with Crippen LogP contribution in [0.15, 0.2) is 29.4 Å². The van der Waals surface area contributed by atoms with E-state index in [1.807, 2.05) is 11.8 Å². The molecule has 4 heteroatoms. The molecule has 1 aromatic heterocycles. The van der Waals surface area contributed by atoms with E-state index in [9.17, 15) is 0 Å². The van der Waals surface area contributed by atoms with Crippen LogP contribution in [0.25, 0.3) is 11.0 Å². The second-order valence-corrected chi connectivity index (χ2v) is 7.13. The van der Waals surface area contributed by atoms with Crippen LogP contribution in [0.2, 0.25) is 0 Å². The Labute approximate surface area is 131 Å². The maximum atomic E-state index is 4.81.